The third kappa shape index (κ3) is 2.94. The summed E-state index contributed by atoms with van der Waals surface area (Å²) in [4.78, 5) is 30.6. The number of fused-ring (bicyclic) bond motifs is 1. The predicted octanol–water partition coefficient (Wildman–Crippen LogP) is 3.27. The fraction of sp³-hybridized carbons (Fsp3) is 0.429. The number of rotatable bonds is 5. The molecule has 1 saturated heterocycles. The Labute approximate surface area is 157 Å². The van der Waals surface area contributed by atoms with Crippen molar-refractivity contribution in [2.45, 2.75) is 38.8 Å². The van der Waals surface area contributed by atoms with Crippen molar-refractivity contribution >= 4 is 22.6 Å². The van der Waals surface area contributed by atoms with Crippen molar-refractivity contribution in [3.8, 4) is 0 Å². The molecule has 3 heterocycles. The Balaban J connectivity index is 1.82. The molecule has 2 aliphatic rings. The molecular weight excluding hydrogens is 344 g/mol. The first-order valence-corrected chi connectivity index (χ1v) is 9.45. The maximum atomic E-state index is 12.9. The third-order valence-corrected chi connectivity index (χ3v) is 5.43. The number of H-pyrrole nitrogens is 1. The summed E-state index contributed by atoms with van der Waals surface area (Å²) in [5, 5.41) is 11.5. The summed E-state index contributed by atoms with van der Waals surface area (Å²) in [6.45, 7) is 4.60. The molecule has 1 aromatic carbocycles. The summed E-state index contributed by atoms with van der Waals surface area (Å²) in [5.74, 6) is -1.44. The first-order chi connectivity index (χ1) is 13.0. The van der Waals surface area contributed by atoms with E-state index < -0.39 is 17.7 Å². The predicted molar refractivity (Wildman–Crippen MR) is 101 cm³/mol. The van der Waals surface area contributed by atoms with Gasteiger partial charge in [-0.05, 0) is 18.9 Å². The maximum absolute atomic E-state index is 12.9. The number of carbonyl (C=O) groups is 2. The Kier molecular flexibility index (Phi) is 4.52. The number of Topliss-reactive ketones (excluding diaryl/α,β-unsaturated/α-hetero) is 1. The molecule has 6 nitrogen and oxygen atoms in total. The molecule has 142 valence electrons. The topological polar surface area (TPSA) is 82.6 Å². The van der Waals surface area contributed by atoms with Crippen LogP contribution < -0.4 is 0 Å². The van der Waals surface area contributed by atoms with Crippen molar-refractivity contribution in [1.29, 1.82) is 0 Å². The summed E-state index contributed by atoms with van der Waals surface area (Å²) in [7, 11) is 0. The number of aliphatic hydroxyl groups excluding tert-OH is 1. The minimum absolute atomic E-state index is 0.0667. The van der Waals surface area contributed by atoms with Gasteiger partial charge in [-0.1, -0.05) is 32.0 Å². The monoisotopic (exact) mass is 368 g/mol. The van der Waals surface area contributed by atoms with E-state index in [1.54, 1.807) is 18.7 Å². The van der Waals surface area contributed by atoms with Gasteiger partial charge in [0.1, 0.15) is 0 Å². The second kappa shape index (κ2) is 6.85. The van der Waals surface area contributed by atoms with Crippen LogP contribution in [0.3, 0.4) is 0 Å². The SMILES string of the molecule is CC(C)C(=O)C1=C(O)C(=O)N(CC2CCCO2)C1c1c[nH]c2ccccc12. The second-order valence-electron chi connectivity index (χ2n) is 7.57. The van der Waals surface area contributed by atoms with Crippen LogP contribution in [0.25, 0.3) is 10.9 Å². The summed E-state index contributed by atoms with van der Waals surface area (Å²) < 4.78 is 5.71. The van der Waals surface area contributed by atoms with Crippen LogP contribution in [0.4, 0.5) is 0 Å². The van der Waals surface area contributed by atoms with Gasteiger partial charge in [0.15, 0.2) is 11.5 Å². The lowest BCUT2D eigenvalue weighted by Crippen LogP contribution is -2.37. The van der Waals surface area contributed by atoms with Gasteiger partial charge in [0.25, 0.3) is 5.91 Å². The van der Waals surface area contributed by atoms with Crippen molar-refractivity contribution in [2.75, 3.05) is 13.2 Å². The van der Waals surface area contributed by atoms with E-state index in [0.29, 0.717) is 13.2 Å². The highest BCUT2D eigenvalue weighted by Crippen LogP contribution is 2.42. The standard InChI is InChI=1S/C21H24N2O4/c1-12(2)19(24)17-18(15-10-22-16-8-4-3-7-14(15)16)23(21(26)20(17)25)11-13-6-5-9-27-13/h3-4,7-8,10,12-13,18,22,25H,5-6,9,11H2,1-2H3. The van der Waals surface area contributed by atoms with Crippen LogP contribution in [0.2, 0.25) is 0 Å². The molecule has 2 aromatic rings. The molecule has 2 aliphatic heterocycles. The van der Waals surface area contributed by atoms with E-state index in [1.807, 2.05) is 30.5 Å². The highest BCUT2D eigenvalue weighted by Gasteiger charge is 2.45. The number of amides is 1. The fourth-order valence-electron chi connectivity index (χ4n) is 4.06. The Bertz CT molecular complexity index is 921. The molecular formula is C21H24N2O4. The van der Waals surface area contributed by atoms with Gasteiger partial charge in [0, 0.05) is 41.7 Å². The van der Waals surface area contributed by atoms with E-state index in [9.17, 15) is 14.7 Å². The van der Waals surface area contributed by atoms with Gasteiger partial charge in [-0.15, -0.1) is 0 Å². The number of ether oxygens (including phenoxy) is 1. The van der Waals surface area contributed by atoms with Gasteiger partial charge < -0.3 is 19.7 Å². The zero-order chi connectivity index (χ0) is 19.1. The van der Waals surface area contributed by atoms with Crippen LogP contribution in [-0.4, -0.2) is 45.9 Å². The van der Waals surface area contributed by atoms with Gasteiger partial charge in [0.05, 0.1) is 17.7 Å². The molecule has 2 atom stereocenters. The summed E-state index contributed by atoms with van der Waals surface area (Å²) in [6.07, 6.45) is 3.60. The Morgan fingerprint density at radius 2 is 2.15 bits per heavy atom. The number of aliphatic hydroxyl groups is 1. The average Bonchev–Trinajstić information content (AvgIpc) is 3.36. The lowest BCUT2D eigenvalue weighted by molar-refractivity contribution is -0.131. The summed E-state index contributed by atoms with van der Waals surface area (Å²) in [6, 6.07) is 7.16. The summed E-state index contributed by atoms with van der Waals surface area (Å²) >= 11 is 0. The van der Waals surface area contributed by atoms with E-state index in [0.717, 1.165) is 29.3 Å². The van der Waals surface area contributed by atoms with Gasteiger partial charge in [0.2, 0.25) is 0 Å². The molecule has 0 radical (unpaired) electrons. The Morgan fingerprint density at radius 1 is 1.37 bits per heavy atom. The zero-order valence-corrected chi connectivity index (χ0v) is 15.6. The maximum Gasteiger partial charge on any atom is 0.290 e. The minimum Gasteiger partial charge on any atom is -0.503 e. The second-order valence-corrected chi connectivity index (χ2v) is 7.57. The largest absolute Gasteiger partial charge is 0.503 e. The lowest BCUT2D eigenvalue weighted by atomic mass is 9.91. The number of carbonyl (C=O) groups excluding carboxylic acids is 2. The first kappa shape index (κ1) is 17.8. The number of aromatic amines is 1. The third-order valence-electron chi connectivity index (χ3n) is 5.43. The number of para-hydroxylation sites is 1. The lowest BCUT2D eigenvalue weighted by Gasteiger charge is -2.28. The van der Waals surface area contributed by atoms with Crippen molar-refractivity contribution in [3.63, 3.8) is 0 Å². The van der Waals surface area contributed by atoms with Crippen LogP contribution in [0, 0.1) is 5.92 Å². The van der Waals surface area contributed by atoms with E-state index >= 15 is 0 Å². The van der Waals surface area contributed by atoms with Gasteiger partial charge in [-0.3, -0.25) is 9.59 Å². The molecule has 2 unspecified atom stereocenters. The molecule has 2 N–H and O–H groups in total. The molecule has 1 aromatic heterocycles. The summed E-state index contributed by atoms with van der Waals surface area (Å²) in [5.41, 5.74) is 1.95. The van der Waals surface area contributed by atoms with Crippen LogP contribution in [0.5, 0.6) is 0 Å². The Hall–Kier alpha value is -2.60. The highest BCUT2D eigenvalue weighted by molar-refractivity contribution is 6.10. The van der Waals surface area contributed by atoms with Crippen LogP contribution >= 0.6 is 0 Å². The number of aromatic nitrogens is 1. The van der Waals surface area contributed by atoms with Gasteiger partial charge in [-0.2, -0.15) is 0 Å². The van der Waals surface area contributed by atoms with Crippen molar-refractivity contribution in [2.24, 2.45) is 5.92 Å². The molecule has 27 heavy (non-hydrogen) atoms. The van der Waals surface area contributed by atoms with E-state index in [2.05, 4.69) is 4.98 Å². The zero-order valence-electron chi connectivity index (χ0n) is 15.6. The van der Waals surface area contributed by atoms with E-state index in [1.165, 1.54) is 0 Å². The molecule has 6 heteroatoms. The molecule has 1 fully saturated rings. The van der Waals surface area contributed by atoms with E-state index in [4.69, 9.17) is 4.74 Å². The molecule has 0 bridgehead atoms. The molecule has 0 spiro atoms. The van der Waals surface area contributed by atoms with Gasteiger partial charge in [-0.25, -0.2) is 0 Å². The Morgan fingerprint density at radius 3 is 2.85 bits per heavy atom. The quantitative estimate of drug-likeness (QED) is 0.849. The molecule has 4 rings (SSSR count). The van der Waals surface area contributed by atoms with E-state index in [-0.39, 0.29) is 23.4 Å². The van der Waals surface area contributed by atoms with Crippen molar-refractivity contribution < 1.29 is 19.4 Å². The number of ketones is 1. The highest BCUT2D eigenvalue weighted by atomic mass is 16.5. The number of benzene rings is 1. The van der Waals surface area contributed by atoms with Gasteiger partial charge >= 0.3 is 0 Å². The van der Waals surface area contributed by atoms with Crippen LogP contribution in [0.1, 0.15) is 38.3 Å². The van der Waals surface area contributed by atoms with Crippen molar-refractivity contribution in [1.82, 2.24) is 9.88 Å². The molecule has 0 aliphatic carbocycles. The number of hydrogen-bond donors (Lipinski definition) is 2. The minimum atomic E-state index is -0.604. The number of nitrogens with one attached hydrogen (secondary N) is 1. The normalized spacial score (nSPS) is 23.2. The molecule has 0 saturated carbocycles. The van der Waals surface area contributed by atoms with Crippen LogP contribution in [-0.2, 0) is 14.3 Å². The van der Waals surface area contributed by atoms with Crippen molar-refractivity contribution in [3.05, 3.63) is 47.4 Å². The number of nitrogens with zero attached hydrogens (tertiary/aromatic N) is 1. The van der Waals surface area contributed by atoms with Crippen LogP contribution in [0.15, 0.2) is 41.8 Å². The fourth-order valence-corrected chi connectivity index (χ4v) is 4.06. The smallest absolute Gasteiger partial charge is 0.290 e. The molecule has 1 amide bonds. The number of hydrogen-bond acceptors (Lipinski definition) is 4. The first-order valence-electron chi connectivity index (χ1n) is 9.45. The average molecular weight is 368 g/mol.